The highest BCUT2D eigenvalue weighted by atomic mass is 35.5. The van der Waals surface area contributed by atoms with E-state index in [1.54, 1.807) is 0 Å². The molecule has 0 fully saturated rings. The summed E-state index contributed by atoms with van der Waals surface area (Å²) in [5.74, 6) is 1.43. The van der Waals surface area contributed by atoms with Crippen LogP contribution in [0.3, 0.4) is 0 Å². The standard InChI is InChI=1S/C17H18ClNO/c1-12(14-6-2-4-8-16(14)18)19-10-13-11-20-17-9-5-3-7-15(13)17/h2-9,12-13,19H,10-11H2,1H3/t12-,13?/m0/s1. The molecule has 0 saturated carbocycles. The fourth-order valence-corrected chi connectivity index (χ4v) is 2.95. The summed E-state index contributed by atoms with van der Waals surface area (Å²) < 4.78 is 5.71. The average Bonchev–Trinajstić information content (AvgIpc) is 2.88. The van der Waals surface area contributed by atoms with Crippen molar-refractivity contribution >= 4 is 11.6 Å². The summed E-state index contributed by atoms with van der Waals surface area (Å²) in [5, 5.41) is 4.37. The Labute approximate surface area is 124 Å². The summed E-state index contributed by atoms with van der Waals surface area (Å²) in [7, 11) is 0. The third-order valence-corrected chi connectivity index (χ3v) is 4.19. The number of halogens is 1. The summed E-state index contributed by atoms with van der Waals surface area (Å²) in [6.45, 7) is 3.79. The van der Waals surface area contributed by atoms with E-state index >= 15 is 0 Å². The lowest BCUT2D eigenvalue weighted by atomic mass is 10.0. The number of hydrogen-bond acceptors (Lipinski definition) is 2. The number of fused-ring (bicyclic) bond motifs is 1. The third-order valence-electron chi connectivity index (χ3n) is 3.84. The van der Waals surface area contributed by atoms with Crippen molar-refractivity contribution < 1.29 is 4.74 Å². The molecule has 1 N–H and O–H groups in total. The molecule has 3 heteroatoms. The Morgan fingerprint density at radius 2 is 1.95 bits per heavy atom. The molecule has 0 radical (unpaired) electrons. The molecular formula is C17H18ClNO. The first kappa shape index (κ1) is 13.5. The molecule has 1 heterocycles. The maximum Gasteiger partial charge on any atom is 0.122 e. The molecule has 104 valence electrons. The maximum absolute atomic E-state index is 6.23. The van der Waals surface area contributed by atoms with E-state index in [4.69, 9.17) is 16.3 Å². The predicted octanol–water partition coefficient (Wildman–Crippen LogP) is 4.17. The zero-order chi connectivity index (χ0) is 13.9. The molecule has 0 aromatic heterocycles. The zero-order valence-corrected chi connectivity index (χ0v) is 12.2. The first-order valence-corrected chi connectivity index (χ1v) is 7.33. The Morgan fingerprint density at radius 1 is 1.20 bits per heavy atom. The Kier molecular flexibility index (Phi) is 3.95. The summed E-state index contributed by atoms with van der Waals surface area (Å²) in [6.07, 6.45) is 0. The van der Waals surface area contributed by atoms with Crippen molar-refractivity contribution in [2.45, 2.75) is 18.9 Å². The molecule has 0 amide bonds. The van der Waals surface area contributed by atoms with Gasteiger partial charge in [0.2, 0.25) is 0 Å². The van der Waals surface area contributed by atoms with E-state index < -0.39 is 0 Å². The van der Waals surface area contributed by atoms with Crippen LogP contribution in [-0.2, 0) is 0 Å². The van der Waals surface area contributed by atoms with Crippen molar-refractivity contribution in [3.8, 4) is 5.75 Å². The van der Waals surface area contributed by atoms with E-state index in [0.29, 0.717) is 5.92 Å². The van der Waals surface area contributed by atoms with E-state index in [-0.39, 0.29) is 6.04 Å². The van der Waals surface area contributed by atoms with Crippen LogP contribution in [0.2, 0.25) is 5.02 Å². The van der Waals surface area contributed by atoms with Crippen molar-refractivity contribution in [2.75, 3.05) is 13.2 Å². The lowest BCUT2D eigenvalue weighted by Crippen LogP contribution is -2.25. The number of rotatable bonds is 4. The van der Waals surface area contributed by atoms with Gasteiger partial charge in [0, 0.05) is 29.1 Å². The van der Waals surface area contributed by atoms with Crippen molar-refractivity contribution in [3.63, 3.8) is 0 Å². The quantitative estimate of drug-likeness (QED) is 0.911. The molecule has 2 aromatic rings. The summed E-state index contributed by atoms with van der Waals surface area (Å²) in [4.78, 5) is 0. The van der Waals surface area contributed by atoms with Gasteiger partial charge >= 0.3 is 0 Å². The van der Waals surface area contributed by atoms with E-state index in [1.165, 1.54) is 5.56 Å². The summed E-state index contributed by atoms with van der Waals surface area (Å²) >= 11 is 6.23. The van der Waals surface area contributed by atoms with Gasteiger partial charge in [-0.25, -0.2) is 0 Å². The molecule has 0 spiro atoms. The fourth-order valence-electron chi connectivity index (χ4n) is 2.65. The predicted molar refractivity (Wildman–Crippen MR) is 82.5 cm³/mol. The lowest BCUT2D eigenvalue weighted by molar-refractivity contribution is 0.323. The topological polar surface area (TPSA) is 21.3 Å². The molecule has 0 saturated heterocycles. The van der Waals surface area contributed by atoms with Gasteiger partial charge in [0.05, 0.1) is 6.61 Å². The zero-order valence-electron chi connectivity index (χ0n) is 11.5. The molecule has 0 bridgehead atoms. The second kappa shape index (κ2) is 5.86. The molecule has 20 heavy (non-hydrogen) atoms. The minimum absolute atomic E-state index is 0.233. The van der Waals surface area contributed by atoms with E-state index in [2.05, 4.69) is 30.4 Å². The van der Waals surface area contributed by atoms with Crippen LogP contribution in [0.4, 0.5) is 0 Å². The van der Waals surface area contributed by atoms with Gasteiger partial charge in [-0.3, -0.25) is 0 Å². The van der Waals surface area contributed by atoms with Gasteiger partial charge in [0.25, 0.3) is 0 Å². The van der Waals surface area contributed by atoms with Gasteiger partial charge < -0.3 is 10.1 Å². The van der Waals surface area contributed by atoms with E-state index in [1.807, 2.05) is 30.3 Å². The highest BCUT2D eigenvalue weighted by molar-refractivity contribution is 6.31. The Morgan fingerprint density at radius 3 is 2.80 bits per heavy atom. The third kappa shape index (κ3) is 2.67. The van der Waals surface area contributed by atoms with E-state index in [0.717, 1.165) is 29.5 Å². The van der Waals surface area contributed by atoms with Crippen LogP contribution >= 0.6 is 11.6 Å². The van der Waals surface area contributed by atoms with Crippen LogP contribution in [-0.4, -0.2) is 13.2 Å². The van der Waals surface area contributed by atoms with Crippen LogP contribution in [0, 0.1) is 0 Å². The minimum atomic E-state index is 0.233. The molecule has 2 atom stereocenters. The van der Waals surface area contributed by atoms with Crippen molar-refractivity contribution in [1.82, 2.24) is 5.32 Å². The molecule has 0 aliphatic carbocycles. The van der Waals surface area contributed by atoms with Gasteiger partial charge in [-0.05, 0) is 24.6 Å². The largest absolute Gasteiger partial charge is 0.493 e. The smallest absolute Gasteiger partial charge is 0.122 e. The van der Waals surface area contributed by atoms with Gasteiger partial charge in [-0.2, -0.15) is 0 Å². The van der Waals surface area contributed by atoms with Gasteiger partial charge in [-0.1, -0.05) is 48.0 Å². The van der Waals surface area contributed by atoms with Crippen molar-refractivity contribution in [3.05, 3.63) is 64.7 Å². The fraction of sp³-hybridized carbons (Fsp3) is 0.294. The maximum atomic E-state index is 6.23. The molecule has 1 unspecified atom stereocenters. The highest BCUT2D eigenvalue weighted by Crippen LogP contribution is 2.33. The SMILES string of the molecule is C[C@H](NCC1COc2ccccc21)c1ccccc1Cl. The summed E-state index contributed by atoms with van der Waals surface area (Å²) in [5.41, 5.74) is 2.44. The summed E-state index contributed by atoms with van der Waals surface area (Å²) in [6, 6.07) is 16.5. The van der Waals surface area contributed by atoms with Crippen molar-refractivity contribution in [2.24, 2.45) is 0 Å². The monoisotopic (exact) mass is 287 g/mol. The van der Waals surface area contributed by atoms with Crippen LogP contribution in [0.25, 0.3) is 0 Å². The first-order valence-electron chi connectivity index (χ1n) is 6.95. The van der Waals surface area contributed by atoms with Crippen molar-refractivity contribution in [1.29, 1.82) is 0 Å². The minimum Gasteiger partial charge on any atom is -0.493 e. The second-order valence-corrected chi connectivity index (χ2v) is 5.60. The van der Waals surface area contributed by atoms with Crippen LogP contribution in [0.5, 0.6) is 5.75 Å². The lowest BCUT2D eigenvalue weighted by Gasteiger charge is -2.18. The average molecular weight is 288 g/mol. The molecular weight excluding hydrogens is 270 g/mol. The van der Waals surface area contributed by atoms with Gasteiger partial charge in [0.15, 0.2) is 0 Å². The van der Waals surface area contributed by atoms with E-state index in [9.17, 15) is 0 Å². The van der Waals surface area contributed by atoms with Crippen LogP contribution in [0.1, 0.15) is 30.0 Å². The second-order valence-electron chi connectivity index (χ2n) is 5.20. The normalized spacial score (nSPS) is 18.4. The van der Waals surface area contributed by atoms with Crippen LogP contribution < -0.4 is 10.1 Å². The van der Waals surface area contributed by atoms with Crippen LogP contribution in [0.15, 0.2) is 48.5 Å². The molecule has 2 nitrogen and oxygen atoms in total. The molecule has 1 aliphatic heterocycles. The Hall–Kier alpha value is -1.51. The Bertz CT molecular complexity index is 599. The molecule has 2 aromatic carbocycles. The molecule has 3 rings (SSSR count). The number of benzene rings is 2. The number of ether oxygens (including phenoxy) is 1. The molecule has 1 aliphatic rings. The number of para-hydroxylation sites is 1. The highest BCUT2D eigenvalue weighted by Gasteiger charge is 2.23. The van der Waals surface area contributed by atoms with Gasteiger partial charge in [-0.15, -0.1) is 0 Å². The Balaban J connectivity index is 1.65. The number of hydrogen-bond donors (Lipinski definition) is 1. The van der Waals surface area contributed by atoms with Gasteiger partial charge in [0.1, 0.15) is 5.75 Å². The number of nitrogens with one attached hydrogen (secondary N) is 1. The first-order chi connectivity index (χ1) is 9.75.